The Bertz CT molecular complexity index is 973. The maximum Gasteiger partial charge on any atom is 0.409 e. The van der Waals surface area contributed by atoms with Gasteiger partial charge in [-0.2, -0.15) is 13.2 Å². The molecule has 2 amide bonds. The van der Waals surface area contributed by atoms with Crippen LogP contribution in [0.15, 0.2) is 29.4 Å². The number of rotatable bonds is 5. The zero-order chi connectivity index (χ0) is 21.5. The van der Waals surface area contributed by atoms with E-state index in [9.17, 15) is 22.8 Å². The van der Waals surface area contributed by atoms with E-state index in [0.29, 0.717) is 22.5 Å². The molecule has 0 unspecified atom stereocenters. The highest BCUT2D eigenvalue weighted by molar-refractivity contribution is 7.99. The number of amides is 2. The summed E-state index contributed by atoms with van der Waals surface area (Å²) in [6, 6.07) is 3.78. The van der Waals surface area contributed by atoms with Crippen molar-refractivity contribution < 1.29 is 22.8 Å². The summed E-state index contributed by atoms with van der Waals surface area (Å²) in [5.74, 6) is -0.558. The monoisotopic (exact) mass is 439 g/mol. The molecule has 0 spiro atoms. The van der Waals surface area contributed by atoms with Crippen LogP contribution < -0.4 is 10.2 Å². The highest BCUT2D eigenvalue weighted by Crippen LogP contribution is 2.41. The number of aromatic nitrogens is 3. The van der Waals surface area contributed by atoms with Gasteiger partial charge < -0.3 is 9.88 Å². The number of hydrogen-bond donors (Lipinski definition) is 1. The first-order valence-electron chi connectivity index (χ1n) is 9.63. The highest BCUT2D eigenvalue weighted by atomic mass is 32.2. The molecule has 1 fully saturated rings. The number of para-hydroxylation sites is 2. The van der Waals surface area contributed by atoms with Gasteiger partial charge in [-0.3, -0.25) is 14.5 Å². The Hall–Kier alpha value is -2.56. The van der Waals surface area contributed by atoms with E-state index in [2.05, 4.69) is 15.5 Å². The average molecular weight is 439 g/mol. The van der Waals surface area contributed by atoms with Gasteiger partial charge >= 0.3 is 6.18 Å². The van der Waals surface area contributed by atoms with Gasteiger partial charge in [-0.25, -0.2) is 0 Å². The minimum absolute atomic E-state index is 0.0342. The fourth-order valence-electron chi connectivity index (χ4n) is 3.54. The lowest BCUT2D eigenvalue weighted by Crippen LogP contribution is -2.50. The molecule has 1 saturated carbocycles. The molecule has 1 atom stereocenters. The third-order valence-corrected chi connectivity index (χ3v) is 6.06. The number of alkyl halides is 3. The van der Waals surface area contributed by atoms with E-state index in [0.717, 1.165) is 30.4 Å². The van der Waals surface area contributed by atoms with Crippen LogP contribution in [0, 0.1) is 0 Å². The molecule has 1 aromatic carbocycles. The number of halogens is 3. The van der Waals surface area contributed by atoms with Crippen molar-refractivity contribution in [3.63, 3.8) is 0 Å². The lowest BCUT2D eigenvalue weighted by atomic mass is 10.1. The third kappa shape index (κ3) is 4.03. The predicted octanol–water partition coefficient (Wildman–Crippen LogP) is 3.57. The van der Waals surface area contributed by atoms with Crippen LogP contribution in [0.1, 0.15) is 37.9 Å². The van der Waals surface area contributed by atoms with Crippen molar-refractivity contribution in [1.29, 1.82) is 0 Å². The molecule has 0 bridgehead atoms. The lowest BCUT2D eigenvalue weighted by Gasteiger charge is -2.31. The van der Waals surface area contributed by atoms with Crippen molar-refractivity contribution in [1.82, 2.24) is 14.8 Å². The minimum Gasteiger partial charge on any atom is -0.324 e. The second-order valence-corrected chi connectivity index (χ2v) is 8.18. The summed E-state index contributed by atoms with van der Waals surface area (Å²) in [5, 5.41) is 11.3. The maximum absolute atomic E-state index is 13.8. The molecule has 1 aliphatic heterocycles. The van der Waals surface area contributed by atoms with Crippen LogP contribution >= 0.6 is 11.8 Å². The topological polar surface area (TPSA) is 80.1 Å². The zero-order valence-electron chi connectivity index (χ0n) is 16.1. The number of benzene rings is 1. The Morgan fingerprint density at radius 1 is 1.27 bits per heavy atom. The number of anilines is 2. The number of nitrogens with one attached hydrogen (secondary N) is 1. The van der Waals surface area contributed by atoms with E-state index in [4.69, 9.17) is 0 Å². The molecule has 1 N–H and O–H groups in total. The quantitative estimate of drug-likeness (QED) is 0.721. The molecule has 0 saturated heterocycles. The smallest absolute Gasteiger partial charge is 0.324 e. The van der Waals surface area contributed by atoms with Crippen molar-refractivity contribution in [3.05, 3.63) is 30.1 Å². The van der Waals surface area contributed by atoms with E-state index >= 15 is 0 Å². The zero-order valence-corrected chi connectivity index (χ0v) is 17.0. The third-order valence-electron chi connectivity index (χ3n) is 5.10. The van der Waals surface area contributed by atoms with Gasteiger partial charge in [-0.1, -0.05) is 23.9 Å². The number of carbonyl (C=O) groups excluding carboxylic acids is 2. The number of nitrogens with zero attached hydrogens (tertiary/aromatic N) is 4. The largest absolute Gasteiger partial charge is 0.409 e. The summed E-state index contributed by atoms with van der Waals surface area (Å²) in [6.07, 6.45) is -3.52. The van der Waals surface area contributed by atoms with Crippen LogP contribution in [0.3, 0.4) is 0 Å². The Balaban J connectivity index is 1.61. The maximum atomic E-state index is 13.8. The van der Waals surface area contributed by atoms with Crippen LogP contribution in [-0.2, 0) is 16.1 Å². The van der Waals surface area contributed by atoms with Crippen molar-refractivity contribution in [3.8, 4) is 0 Å². The van der Waals surface area contributed by atoms with Crippen molar-refractivity contribution >= 4 is 35.0 Å². The first kappa shape index (κ1) is 20.7. The molecular formula is C19H20F3N5O2S. The van der Waals surface area contributed by atoms with Gasteiger partial charge in [0, 0.05) is 12.5 Å². The summed E-state index contributed by atoms with van der Waals surface area (Å²) in [4.78, 5) is 25.7. The fraction of sp³-hybridized carbons (Fsp3) is 0.474. The van der Waals surface area contributed by atoms with E-state index in [1.54, 1.807) is 6.07 Å². The van der Waals surface area contributed by atoms with Crippen LogP contribution in [0.5, 0.6) is 0 Å². The molecule has 0 radical (unpaired) electrons. The summed E-state index contributed by atoms with van der Waals surface area (Å²) in [6.45, 7) is 2.55. The van der Waals surface area contributed by atoms with Gasteiger partial charge in [-0.05, 0) is 31.9 Å². The fourth-order valence-corrected chi connectivity index (χ4v) is 4.41. The molecule has 2 aromatic rings. The van der Waals surface area contributed by atoms with Gasteiger partial charge in [0.1, 0.15) is 11.9 Å². The van der Waals surface area contributed by atoms with E-state index in [1.165, 1.54) is 18.2 Å². The highest BCUT2D eigenvalue weighted by Gasteiger charge is 2.49. The van der Waals surface area contributed by atoms with Crippen LogP contribution in [0.25, 0.3) is 0 Å². The first-order valence-corrected chi connectivity index (χ1v) is 10.6. The lowest BCUT2D eigenvalue weighted by molar-refractivity contribution is -0.157. The molecule has 1 aliphatic carbocycles. The molecule has 2 heterocycles. The summed E-state index contributed by atoms with van der Waals surface area (Å²) >= 11 is 1.06. The van der Waals surface area contributed by atoms with Crippen LogP contribution in [-0.4, -0.2) is 44.5 Å². The average Bonchev–Trinajstić information content (AvgIpc) is 3.47. The molecule has 4 rings (SSSR count). The van der Waals surface area contributed by atoms with E-state index in [1.807, 2.05) is 11.5 Å². The first-order chi connectivity index (χ1) is 14.3. The standard InChI is InChI=1S/C19H20F3N5O2S/c1-2-26-17(11-7-8-11)24-25-18(26)30-10-16(29)27-13-6-4-3-5-12(13)23-15(28)9-14(27)19(20,21)22/h3-6,11,14H,2,7-10H2,1H3,(H,23,28)/t14-/m1/s1. The minimum atomic E-state index is -4.75. The van der Waals surface area contributed by atoms with Gasteiger partial charge in [0.25, 0.3) is 0 Å². The Labute approximate surface area is 175 Å². The Morgan fingerprint density at radius 2 is 2.00 bits per heavy atom. The molecular weight excluding hydrogens is 419 g/mol. The van der Waals surface area contributed by atoms with Crippen LogP contribution in [0.2, 0.25) is 0 Å². The van der Waals surface area contributed by atoms with Crippen molar-refractivity contribution in [2.45, 2.75) is 56.0 Å². The summed E-state index contributed by atoms with van der Waals surface area (Å²) < 4.78 is 43.2. The molecule has 2 aliphatic rings. The molecule has 160 valence electrons. The molecule has 1 aromatic heterocycles. The number of carbonyl (C=O) groups is 2. The second kappa shape index (κ2) is 7.93. The van der Waals surface area contributed by atoms with Gasteiger partial charge in [0.05, 0.1) is 23.5 Å². The Morgan fingerprint density at radius 3 is 2.67 bits per heavy atom. The normalized spacial score (nSPS) is 19.3. The van der Waals surface area contributed by atoms with Crippen molar-refractivity contribution in [2.75, 3.05) is 16.0 Å². The van der Waals surface area contributed by atoms with Crippen molar-refractivity contribution in [2.24, 2.45) is 0 Å². The van der Waals surface area contributed by atoms with Crippen LogP contribution in [0.4, 0.5) is 24.5 Å². The summed E-state index contributed by atoms with van der Waals surface area (Å²) in [5.41, 5.74) is 0.215. The predicted molar refractivity (Wildman–Crippen MR) is 105 cm³/mol. The molecule has 30 heavy (non-hydrogen) atoms. The van der Waals surface area contributed by atoms with Gasteiger partial charge in [-0.15, -0.1) is 10.2 Å². The Kier molecular flexibility index (Phi) is 5.48. The number of hydrogen-bond acceptors (Lipinski definition) is 5. The summed E-state index contributed by atoms with van der Waals surface area (Å²) in [7, 11) is 0. The van der Waals surface area contributed by atoms with E-state index in [-0.39, 0.29) is 17.1 Å². The molecule has 11 heteroatoms. The SMILES string of the molecule is CCn1c(SCC(=O)N2c3ccccc3NC(=O)C[C@@H]2C(F)(F)F)nnc1C1CC1. The van der Waals surface area contributed by atoms with Gasteiger partial charge in [0.15, 0.2) is 5.16 Å². The van der Waals surface area contributed by atoms with Gasteiger partial charge in [0.2, 0.25) is 11.8 Å². The molecule has 7 nitrogen and oxygen atoms in total. The number of thioether (sulfide) groups is 1. The van der Waals surface area contributed by atoms with E-state index < -0.39 is 30.5 Å². The number of fused-ring (bicyclic) bond motifs is 1. The second-order valence-electron chi connectivity index (χ2n) is 7.24.